The number of nitrogens with one attached hydrogen (secondary N) is 1. The average Bonchev–Trinajstić information content (AvgIpc) is 2.43. The lowest BCUT2D eigenvalue weighted by Crippen LogP contribution is -2.13. The normalized spacial score (nSPS) is 11.2. The predicted octanol–water partition coefficient (Wildman–Crippen LogP) is 4.30. The van der Waals surface area contributed by atoms with E-state index < -0.39 is 10.0 Å². The van der Waals surface area contributed by atoms with Crippen LogP contribution in [0.15, 0.2) is 51.8 Å². The molecule has 0 amide bonds. The summed E-state index contributed by atoms with van der Waals surface area (Å²) in [7, 11) is -3.69. The molecule has 7 heteroatoms. The summed E-state index contributed by atoms with van der Waals surface area (Å²) in [6, 6.07) is 11.1. The van der Waals surface area contributed by atoms with Crippen LogP contribution in [0.1, 0.15) is 6.92 Å². The van der Waals surface area contributed by atoms with E-state index in [2.05, 4.69) is 20.7 Å². The van der Waals surface area contributed by atoms with Crippen LogP contribution in [0.25, 0.3) is 0 Å². The fourth-order valence-electron chi connectivity index (χ4n) is 1.66. The van der Waals surface area contributed by atoms with Gasteiger partial charge in [0, 0.05) is 4.47 Å². The first-order chi connectivity index (χ1) is 9.92. The van der Waals surface area contributed by atoms with Crippen molar-refractivity contribution in [3.05, 3.63) is 52.0 Å². The highest BCUT2D eigenvalue weighted by atomic mass is 79.9. The summed E-state index contributed by atoms with van der Waals surface area (Å²) in [5.74, 6) is 0.623. The van der Waals surface area contributed by atoms with Gasteiger partial charge in [0.15, 0.2) is 0 Å². The van der Waals surface area contributed by atoms with E-state index in [1.54, 1.807) is 30.3 Å². The molecule has 0 unspecified atom stereocenters. The first-order valence-electron chi connectivity index (χ1n) is 6.13. The first kappa shape index (κ1) is 16.1. The zero-order valence-electron chi connectivity index (χ0n) is 11.1. The zero-order valence-corrected chi connectivity index (χ0v) is 14.3. The first-order valence-corrected chi connectivity index (χ1v) is 8.78. The molecule has 0 spiro atoms. The number of ether oxygens (including phenoxy) is 1. The minimum absolute atomic E-state index is 0.143. The maximum Gasteiger partial charge on any atom is 0.261 e. The molecule has 2 aromatic carbocycles. The number of anilines is 1. The highest BCUT2D eigenvalue weighted by Gasteiger charge is 2.15. The van der Waals surface area contributed by atoms with Gasteiger partial charge in [-0.15, -0.1) is 0 Å². The highest BCUT2D eigenvalue weighted by Crippen LogP contribution is 2.28. The van der Waals surface area contributed by atoms with E-state index in [1.165, 1.54) is 12.1 Å². The molecule has 1 N–H and O–H groups in total. The van der Waals surface area contributed by atoms with E-state index in [-0.39, 0.29) is 4.90 Å². The number of hydrogen-bond acceptors (Lipinski definition) is 3. The van der Waals surface area contributed by atoms with Crippen LogP contribution in [0.4, 0.5) is 5.69 Å². The smallest absolute Gasteiger partial charge is 0.261 e. The molecular formula is C14H13BrClNO3S. The molecule has 112 valence electrons. The topological polar surface area (TPSA) is 55.4 Å². The van der Waals surface area contributed by atoms with Gasteiger partial charge in [0.2, 0.25) is 0 Å². The molecule has 0 fully saturated rings. The molecule has 0 saturated heterocycles. The largest absolute Gasteiger partial charge is 0.494 e. The van der Waals surface area contributed by atoms with Gasteiger partial charge in [-0.1, -0.05) is 27.5 Å². The Morgan fingerprint density at radius 2 is 1.86 bits per heavy atom. The van der Waals surface area contributed by atoms with E-state index in [9.17, 15) is 8.42 Å². The van der Waals surface area contributed by atoms with E-state index in [4.69, 9.17) is 16.3 Å². The third kappa shape index (κ3) is 4.12. The van der Waals surface area contributed by atoms with Gasteiger partial charge < -0.3 is 4.74 Å². The Bertz CT molecular complexity index is 732. The Morgan fingerprint density at radius 1 is 1.19 bits per heavy atom. The van der Waals surface area contributed by atoms with Crippen molar-refractivity contribution >= 4 is 43.2 Å². The van der Waals surface area contributed by atoms with E-state index in [0.717, 1.165) is 4.47 Å². The number of hydrogen-bond donors (Lipinski definition) is 1. The molecule has 4 nitrogen and oxygen atoms in total. The predicted molar refractivity (Wildman–Crippen MR) is 87.6 cm³/mol. The Hall–Kier alpha value is -1.24. The molecule has 0 aliphatic heterocycles. The van der Waals surface area contributed by atoms with Crippen LogP contribution in [0, 0.1) is 0 Å². The Kier molecular flexibility index (Phi) is 5.13. The van der Waals surface area contributed by atoms with Crippen LogP contribution < -0.4 is 9.46 Å². The van der Waals surface area contributed by atoms with Gasteiger partial charge in [0.05, 0.1) is 22.2 Å². The van der Waals surface area contributed by atoms with Crippen molar-refractivity contribution in [3.8, 4) is 5.75 Å². The SMILES string of the molecule is CCOc1ccc(S(=O)(=O)Nc2ccc(Br)cc2Cl)cc1. The molecule has 0 atom stereocenters. The number of rotatable bonds is 5. The van der Waals surface area contributed by atoms with Gasteiger partial charge in [0.1, 0.15) is 5.75 Å². The quantitative estimate of drug-likeness (QED) is 0.828. The number of sulfonamides is 1. The van der Waals surface area contributed by atoms with Crippen molar-refractivity contribution in [1.29, 1.82) is 0 Å². The molecule has 0 saturated carbocycles. The Balaban J connectivity index is 2.25. The number of halogens is 2. The van der Waals surface area contributed by atoms with Crippen molar-refractivity contribution in [2.75, 3.05) is 11.3 Å². The van der Waals surface area contributed by atoms with Crippen molar-refractivity contribution in [2.24, 2.45) is 0 Å². The molecular weight excluding hydrogens is 378 g/mol. The molecule has 2 rings (SSSR count). The summed E-state index contributed by atoms with van der Waals surface area (Å²) in [6.07, 6.45) is 0. The van der Waals surface area contributed by atoms with Crippen molar-refractivity contribution in [2.45, 2.75) is 11.8 Å². The summed E-state index contributed by atoms with van der Waals surface area (Å²) >= 11 is 9.28. The summed E-state index contributed by atoms with van der Waals surface area (Å²) in [5, 5.41) is 0.318. The van der Waals surface area contributed by atoms with Gasteiger partial charge in [-0.2, -0.15) is 0 Å². The van der Waals surface area contributed by atoms with Crippen molar-refractivity contribution in [3.63, 3.8) is 0 Å². The van der Waals surface area contributed by atoms with Crippen LogP contribution in [-0.4, -0.2) is 15.0 Å². The van der Waals surface area contributed by atoms with E-state index in [0.29, 0.717) is 23.1 Å². The molecule has 0 aliphatic rings. The molecule has 0 heterocycles. The van der Waals surface area contributed by atoms with Gasteiger partial charge in [-0.05, 0) is 49.4 Å². The van der Waals surface area contributed by atoms with Crippen LogP contribution in [0.5, 0.6) is 5.75 Å². The van der Waals surface area contributed by atoms with Gasteiger partial charge in [-0.3, -0.25) is 4.72 Å². The summed E-state index contributed by atoms with van der Waals surface area (Å²) in [5.41, 5.74) is 0.328. The maximum atomic E-state index is 12.3. The third-order valence-corrected chi connectivity index (χ3v) is 4.81. The second kappa shape index (κ2) is 6.68. The lowest BCUT2D eigenvalue weighted by atomic mass is 10.3. The molecule has 0 radical (unpaired) electrons. The van der Waals surface area contributed by atoms with Gasteiger partial charge in [-0.25, -0.2) is 8.42 Å². The van der Waals surface area contributed by atoms with E-state index in [1.807, 2.05) is 6.92 Å². The lowest BCUT2D eigenvalue weighted by molar-refractivity contribution is 0.340. The van der Waals surface area contributed by atoms with Crippen LogP contribution in [0.2, 0.25) is 5.02 Å². The summed E-state index contributed by atoms with van der Waals surface area (Å²) < 4.78 is 33.1. The summed E-state index contributed by atoms with van der Waals surface area (Å²) in [4.78, 5) is 0.143. The zero-order chi connectivity index (χ0) is 15.5. The van der Waals surface area contributed by atoms with Gasteiger partial charge >= 0.3 is 0 Å². The second-order valence-electron chi connectivity index (χ2n) is 4.13. The number of benzene rings is 2. The lowest BCUT2D eigenvalue weighted by Gasteiger charge is -2.10. The molecule has 21 heavy (non-hydrogen) atoms. The molecule has 0 aliphatic carbocycles. The van der Waals surface area contributed by atoms with E-state index >= 15 is 0 Å². The minimum atomic E-state index is -3.69. The average molecular weight is 391 g/mol. The monoisotopic (exact) mass is 389 g/mol. The standard InChI is InChI=1S/C14H13BrClNO3S/c1-2-20-11-4-6-12(7-5-11)21(18,19)17-14-8-3-10(15)9-13(14)16/h3-9,17H,2H2,1H3. The maximum absolute atomic E-state index is 12.3. The van der Waals surface area contributed by atoms with Crippen LogP contribution in [0.3, 0.4) is 0 Å². The minimum Gasteiger partial charge on any atom is -0.494 e. The van der Waals surface area contributed by atoms with Gasteiger partial charge in [0.25, 0.3) is 10.0 Å². The molecule has 0 bridgehead atoms. The third-order valence-electron chi connectivity index (χ3n) is 2.62. The second-order valence-corrected chi connectivity index (χ2v) is 7.14. The molecule has 0 aromatic heterocycles. The fraction of sp³-hybridized carbons (Fsp3) is 0.143. The van der Waals surface area contributed by atoms with Crippen molar-refractivity contribution < 1.29 is 13.2 Å². The molecule has 2 aromatic rings. The Labute approximate surface area is 137 Å². The summed E-state index contributed by atoms with van der Waals surface area (Å²) in [6.45, 7) is 2.39. The van der Waals surface area contributed by atoms with Crippen molar-refractivity contribution in [1.82, 2.24) is 0 Å². The highest BCUT2D eigenvalue weighted by molar-refractivity contribution is 9.10. The van der Waals surface area contributed by atoms with Crippen LogP contribution >= 0.6 is 27.5 Å². The fourth-order valence-corrected chi connectivity index (χ4v) is 3.51. The van der Waals surface area contributed by atoms with Crippen LogP contribution in [-0.2, 0) is 10.0 Å². The Morgan fingerprint density at radius 3 is 2.43 bits per heavy atom.